The van der Waals surface area contributed by atoms with Gasteiger partial charge in [-0.1, -0.05) is 0 Å². The molecule has 2 N–H and O–H groups in total. The van der Waals surface area contributed by atoms with Crippen molar-refractivity contribution in [3.63, 3.8) is 0 Å². The molecule has 0 spiro atoms. The van der Waals surface area contributed by atoms with Crippen LogP contribution in [0.1, 0.15) is 5.56 Å². The molecule has 1 aromatic rings. The summed E-state index contributed by atoms with van der Waals surface area (Å²) in [6.45, 7) is 0.0746. The minimum absolute atomic E-state index is 0.0746. The van der Waals surface area contributed by atoms with Gasteiger partial charge in [0, 0.05) is 13.0 Å². The molecule has 0 radical (unpaired) electrons. The second-order valence-corrected chi connectivity index (χ2v) is 2.17. The van der Waals surface area contributed by atoms with E-state index in [9.17, 15) is 4.39 Å². The van der Waals surface area contributed by atoms with Crippen LogP contribution in [0.3, 0.4) is 0 Å². The molecule has 0 aromatic carbocycles. The molecule has 0 saturated heterocycles. The summed E-state index contributed by atoms with van der Waals surface area (Å²) in [7, 11) is 0. The van der Waals surface area contributed by atoms with Crippen molar-refractivity contribution in [1.82, 2.24) is 0 Å². The van der Waals surface area contributed by atoms with Gasteiger partial charge in [-0.25, -0.2) is 4.39 Å². The number of hydrogen-bond donors (Lipinski definition) is 1. The minimum Gasteiger partial charge on any atom is -0.472 e. The third-order valence-electron chi connectivity index (χ3n) is 1.29. The first-order valence-electron chi connectivity index (χ1n) is 3.18. The van der Waals surface area contributed by atoms with Gasteiger partial charge in [0.25, 0.3) is 0 Å². The summed E-state index contributed by atoms with van der Waals surface area (Å²) in [5.41, 5.74) is 5.94. The van der Waals surface area contributed by atoms with Gasteiger partial charge >= 0.3 is 0 Å². The SMILES string of the molecule is NCC(F)Cc1ccoc1. The fraction of sp³-hybridized carbons (Fsp3) is 0.429. The van der Waals surface area contributed by atoms with Crippen molar-refractivity contribution < 1.29 is 8.81 Å². The molecule has 1 unspecified atom stereocenters. The fourth-order valence-electron chi connectivity index (χ4n) is 0.748. The highest BCUT2D eigenvalue weighted by molar-refractivity contribution is 5.06. The smallest absolute Gasteiger partial charge is 0.116 e. The summed E-state index contributed by atoms with van der Waals surface area (Å²) < 4.78 is 17.3. The molecule has 0 fully saturated rings. The maximum Gasteiger partial charge on any atom is 0.116 e. The lowest BCUT2D eigenvalue weighted by Gasteiger charge is -1.99. The topological polar surface area (TPSA) is 39.2 Å². The van der Waals surface area contributed by atoms with Gasteiger partial charge < -0.3 is 10.2 Å². The molecule has 56 valence electrons. The van der Waals surface area contributed by atoms with E-state index in [2.05, 4.69) is 0 Å². The van der Waals surface area contributed by atoms with E-state index in [0.717, 1.165) is 5.56 Å². The molecule has 1 rings (SSSR count). The van der Waals surface area contributed by atoms with Crippen LogP contribution in [-0.4, -0.2) is 12.7 Å². The number of halogens is 1. The average molecular weight is 143 g/mol. The Hall–Kier alpha value is -0.830. The van der Waals surface area contributed by atoms with Gasteiger partial charge in [-0.05, 0) is 11.6 Å². The number of alkyl halides is 1. The maximum atomic E-state index is 12.5. The van der Waals surface area contributed by atoms with Gasteiger partial charge in [0.2, 0.25) is 0 Å². The molecule has 10 heavy (non-hydrogen) atoms. The van der Waals surface area contributed by atoms with Crippen molar-refractivity contribution in [2.24, 2.45) is 5.73 Å². The monoisotopic (exact) mass is 143 g/mol. The second kappa shape index (κ2) is 3.37. The summed E-state index contributed by atoms with van der Waals surface area (Å²) in [5.74, 6) is 0. The predicted octanol–water partition coefficient (Wildman–Crippen LogP) is 1.12. The zero-order chi connectivity index (χ0) is 7.40. The molecular weight excluding hydrogens is 133 g/mol. The average Bonchev–Trinajstić information content (AvgIpc) is 2.40. The van der Waals surface area contributed by atoms with Crippen LogP contribution in [0, 0.1) is 0 Å². The molecule has 2 nitrogen and oxygen atoms in total. The Balaban J connectivity index is 2.40. The third-order valence-corrected chi connectivity index (χ3v) is 1.29. The van der Waals surface area contributed by atoms with Gasteiger partial charge in [-0.2, -0.15) is 0 Å². The molecule has 3 heteroatoms. The quantitative estimate of drug-likeness (QED) is 0.688. The summed E-state index contributed by atoms with van der Waals surface area (Å²) in [6, 6.07) is 1.74. The zero-order valence-corrected chi connectivity index (χ0v) is 5.59. The van der Waals surface area contributed by atoms with Crippen LogP contribution in [-0.2, 0) is 6.42 Å². The van der Waals surface area contributed by atoms with Gasteiger partial charge in [-0.15, -0.1) is 0 Å². The van der Waals surface area contributed by atoms with Crippen LogP contribution >= 0.6 is 0 Å². The van der Waals surface area contributed by atoms with Gasteiger partial charge in [0.05, 0.1) is 12.5 Å². The second-order valence-electron chi connectivity index (χ2n) is 2.17. The van der Waals surface area contributed by atoms with Crippen molar-refractivity contribution >= 4 is 0 Å². The maximum absolute atomic E-state index is 12.5. The molecule has 0 amide bonds. The molecule has 1 atom stereocenters. The van der Waals surface area contributed by atoms with E-state index in [0.29, 0.717) is 6.42 Å². The van der Waals surface area contributed by atoms with E-state index >= 15 is 0 Å². The largest absolute Gasteiger partial charge is 0.472 e. The van der Waals surface area contributed by atoms with Gasteiger partial charge in [0.15, 0.2) is 0 Å². The number of rotatable bonds is 3. The van der Waals surface area contributed by atoms with Crippen LogP contribution in [0.25, 0.3) is 0 Å². The van der Waals surface area contributed by atoms with Crippen LogP contribution in [0.15, 0.2) is 23.0 Å². The molecular formula is C7H10FNO. The van der Waals surface area contributed by atoms with E-state index in [4.69, 9.17) is 10.2 Å². The highest BCUT2D eigenvalue weighted by Gasteiger charge is 2.04. The zero-order valence-electron chi connectivity index (χ0n) is 5.59. The van der Waals surface area contributed by atoms with E-state index in [1.165, 1.54) is 12.5 Å². The normalized spacial score (nSPS) is 13.4. The van der Waals surface area contributed by atoms with Crippen LogP contribution in [0.2, 0.25) is 0 Å². The Bertz CT molecular complexity index is 174. The Labute approximate surface area is 58.8 Å². The first-order valence-corrected chi connectivity index (χ1v) is 3.18. The van der Waals surface area contributed by atoms with Crippen LogP contribution < -0.4 is 5.73 Å². The molecule has 0 aliphatic heterocycles. The van der Waals surface area contributed by atoms with Crippen molar-refractivity contribution in [1.29, 1.82) is 0 Å². The lowest BCUT2D eigenvalue weighted by atomic mass is 10.2. The fourth-order valence-corrected chi connectivity index (χ4v) is 0.748. The highest BCUT2D eigenvalue weighted by atomic mass is 19.1. The Morgan fingerprint density at radius 2 is 2.50 bits per heavy atom. The molecule has 1 heterocycles. The Morgan fingerprint density at radius 1 is 1.70 bits per heavy atom. The molecule has 0 saturated carbocycles. The standard InChI is InChI=1S/C7H10FNO/c8-7(4-9)3-6-1-2-10-5-6/h1-2,5,7H,3-4,9H2. The highest BCUT2D eigenvalue weighted by Crippen LogP contribution is 2.05. The van der Waals surface area contributed by atoms with E-state index in [1.54, 1.807) is 6.07 Å². The van der Waals surface area contributed by atoms with Crippen molar-refractivity contribution in [2.75, 3.05) is 6.54 Å². The molecule has 1 aromatic heterocycles. The lowest BCUT2D eigenvalue weighted by Crippen LogP contribution is -2.17. The summed E-state index contributed by atoms with van der Waals surface area (Å²) in [5, 5.41) is 0. The summed E-state index contributed by atoms with van der Waals surface area (Å²) >= 11 is 0. The first kappa shape index (κ1) is 7.28. The molecule has 0 aliphatic rings. The predicted molar refractivity (Wildman–Crippen MR) is 36.4 cm³/mol. The number of furan rings is 1. The summed E-state index contributed by atoms with van der Waals surface area (Å²) in [6.07, 6.45) is 2.46. The van der Waals surface area contributed by atoms with Crippen molar-refractivity contribution in [2.45, 2.75) is 12.6 Å². The minimum atomic E-state index is -0.947. The molecule has 0 bridgehead atoms. The van der Waals surface area contributed by atoms with E-state index in [1.807, 2.05) is 0 Å². The van der Waals surface area contributed by atoms with Crippen molar-refractivity contribution in [3.8, 4) is 0 Å². The van der Waals surface area contributed by atoms with Gasteiger partial charge in [0.1, 0.15) is 6.17 Å². The van der Waals surface area contributed by atoms with Gasteiger partial charge in [-0.3, -0.25) is 0 Å². The number of nitrogens with two attached hydrogens (primary N) is 1. The summed E-state index contributed by atoms with van der Waals surface area (Å²) in [4.78, 5) is 0. The Kier molecular flexibility index (Phi) is 2.45. The van der Waals surface area contributed by atoms with Crippen LogP contribution in [0.5, 0.6) is 0 Å². The first-order chi connectivity index (χ1) is 4.83. The van der Waals surface area contributed by atoms with E-state index < -0.39 is 6.17 Å². The van der Waals surface area contributed by atoms with E-state index in [-0.39, 0.29) is 6.54 Å². The van der Waals surface area contributed by atoms with Crippen molar-refractivity contribution in [3.05, 3.63) is 24.2 Å². The molecule has 0 aliphatic carbocycles. The van der Waals surface area contributed by atoms with Crippen LogP contribution in [0.4, 0.5) is 4.39 Å². The lowest BCUT2D eigenvalue weighted by molar-refractivity contribution is 0.339. The third kappa shape index (κ3) is 1.84. The Morgan fingerprint density at radius 3 is 3.00 bits per heavy atom. The number of hydrogen-bond acceptors (Lipinski definition) is 2.